The molecule has 0 amide bonds. The maximum absolute atomic E-state index is 13.0. The molecule has 1 atom stereocenters. The van der Waals surface area contributed by atoms with Crippen molar-refractivity contribution in [1.29, 1.82) is 0 Å². The van der Waals surface area contributed by atoms with Crippen molar-refractivity contribution in [1.82, 2.24) is 4.98 Å². The summed E-state index contributed by atoms with van der Waals surface area (Å²) < 4.78 is 13.0. The minimum Gasteiger partial charge on any atom is -0.378 e. The molecule has 0 saturated carbocycles. The number of pyridine rings is 1. The topological polar surface area (TPSA) is 24.9 Å². The number of fused-ring (bicyclic) bond motifs is 1. The number of thiophene rings is 1. The highest BCUT2D eigenvalue weighted by atomic mass is 32.1. The number of anilines is 1. The third-order valence-corrected chi connectivity index (χ3v) is 4.12. The molecule has 0 fully saturated rings. The predicted octanol–water partition coefficient (Wildman–Crippen LogP) is 3.77. The molecule has 1 unspecified atom stereocenters. The van der Waals surface area contributed by atoms with Gasteiger partial charge in [0.15, 0.2) is 0 Å². The summed E-state index contributed by atoms with van der Waals surface area (Å²) in [5.74, 6) is -0.434. The van der Waals surface area contributed by atoms with Crippen LogP contribution in [0.1, 0.15) is 29.3 Å². The van der Waals surface area contributed by atoms with Crippen molar-refractivity contribution in [3.63, 3.8) is 0 Å². The van der Waals surface area contributed by atoms with Crippen LogP contribution in [-0.2, 0) is 6.42 Å². The molecule has 0 radical (unpaired) electrons. The Morgan fingerprint density at radius 3 is 3.24 bits per heavy atom. The Balaban J connectivity index is 1.84. The van der Waals surface area contributed by atoms with Crippen LogP contribution in [0.25, 0.3) is 0 Å². The Kier molecular flexibility index (Phi) is 2.81. The van der Waals surface area contributed by atoms with Gasteiger partial charge in [0.1, 0.15) is 0 Å². The Labute approximate surface area is 104 Å². The largest absolute Gasteiger partial charge is 0.378 e. The quantitative estimate of drug-likeness (QED) is 0.818. The fraction of sp³-hybridized carbons (Fsp3) is 0.308. The Bertz CT molecular complexity index is 524. The van der Waals surface area contributed by atoms with E-state index in [2.05, 4.69) is 21.7 Å². The van der Waals surface area contributed by atoms with Crippen molar-refractivity contribution in [2.75, 3.05) is 5.32 Å². The number of rotatable bonds is 2. The lowest BCUT2D eigenvalue weighted by molar-refractivity contribution is 0.581. The summed E-state index contributed by atoms with van der Waals surface area (Å²) in [4.78, 5) is 5.02. The van der Waals surface area contributed by atoms with Crippen LogP contribution in [0.5, 0.6) is 0 Å². The second-order valence-electron chi connectivity index (χ2n) is 4.26. The van der Waals surface area contributed by atoms with Gasteiger partial charge in [0.05, 0.1) is 6.04 Å². The van der Waals surface area contributed by atoms with Crippen molar-refractivity contribution in [2.45, 2.75) is 25.3 Å². The summed E-state index contributed by atoms with van der Waals surface area (Å²) in [6, 6.07) is 5.74. The van der Waals surface area contributed by atoms with E-state index in [1.807, 2.05) is 17.4 Å². The van der Waals surface area contributed by atoms with Crippen LogP contribution in [-0.4, -0.2) is 4.98 Å². The van der Waals surface area contributed by atoms with Gasteiger partial charge in [-0.3, -0.25) is 0 Å². The highest BCUT2D eigenvalue weighted by Gasteiger charge is 2.20. The van der Waals surface area contributed by atoms with E-state index in [0.29, 0.717) is 6.04 Å². The molecule has 2 heterocycles. The van der Waals surface area contributed by atoms with Gasteiger partial charge in [-0.1, -0.05) is 0 Å². The summed E-state index contributed by atoms with van der Waals surface area (Å²) in [6.07, 6.45) is 4.97. The molecular formula is C13H13FN2S. The smallest absolute Gasteiger partial charge is 0.214 e. The van der Waals surface area contributed by atoms with Crippen molar-refractivity contribution in [3.8, 4) is 0 Å². The Morgan fingerprint density at radius 1 is 1.41 bits per heavy atom. The predicted molar refractivity (Wildman–Crippen MR) is 67.8 cm³/mol. The molecule has 4 heteroatoms. The number of hydrogen-bond donors (Lipinski definition) is 1. The normalized spacial score (nSPS) is 18.8. The van der Waals surface area contributed by atoms with Crippen LogP contribution in [0.3, 0.4) is 0 Å². The van der Waals surface area contributed by atoms with E-state index >= 15 is 0 Å². The van der Waals surface area contributed by atoms with Crippen LogP contribution in [0.4, 0.5) is 10.1 Å². The number of halogens is 1. The molecule has 2 aromatic rings. The third-order valence-electron chi connectivity index (χ3n) is 3.12. The average Bonchev–Trinajstić information content (AvgIpc) is 2.78. The van der Waals surface area contributed by atoms with Crippen molar-refractivity contribution in [3.05, 3.63) is 46.2 Å². The lowest BCUT2D eigenvalue weighted by Gasteiger charge is -2.24. The van der Waals surface area contributed by atoms with Crippen molar-refractivity contribution in [2.24, 2.45) is 0 Å². The van der Waals surface area contributed by atoms with Gasteiger partial charge in [-0.2, -0.15) is 4.39 Å². The molecule has 0 bridgehead atoms. The van der Waals surface area contributed by atoms with Crippen LogP contribution >= 0.6 is 11.3 Å². The minimum absolute atomic E-state index is 0.312. The Morgan fingerprint density at radius 2 is 2.35 bits per heavy atom. The lowest BCUT2D eigenvalue weighted by Crippen LogP contribution is -2.15. The molecule has 2 aromatic heterocycles. The standard InChI is InChI=1S/C13H13FN2S/c14-13-8-9(4-6-15-13)16-11-2-1-3-12-10(11)5-7-17-12/h4-8,11H,1-3H2,(H,15,16). The summed E-state index contributed by atoms with van der Waals surface area (Å²) in [5, 5.41) is 5.53. The van der Waals surface area contributed by atoms with Crippen LogP contribution in [0, 0.1) is 5.95 Å². The van der Waals surface area contributed by atoms with Crippen LogP contribution in [0.15, 0.2) is 29.8 Å². The maximum atomic E-state index is 13.0. The van der Waals surface area contributed by atoms with E-state index in [1.165, 1.54) is 35.5 Å². The first-order chi connectivity index (χ1) is 8.33. The highest BCUT2D eigenvalue weighted by molar-refractivity contribution is 7.10. The van der Waals surface area contributed by atoms with E-state index < -0.39 is 5.95 Å². The summed E-state index contributed by atoms with van der Waals surface area (Å²) in [5.41, 5.74) is 2.18. The summed E-state index contributed by atoms with van der Waals surface area (Å²) in [6.45, 7) is 0. The number of hydrogen-bond acceptors (Lipinski definition) is 3. The summed E-state index contributed by atoms with van der Waals surface area (Å²) in [7, 11) is 0. The first-order valence-corrected chi connectivity index (χ1v) is 6.65. The van der Waals surface area contributed by atoms with E-state index in [1.54, 1.807) is 0 Å². The van der Waals surface area contributed by atoms with Gasteiger partial charge in [-0.05, 0) is 42.3 Å². The average molecular weight is 248 g/mol. The zero-order chi connectivity index (χ0) is 11.7. The van der Waals surface area contributed by atoms with Crippen molar-refractivity contribution >= 4 is 17.0 Å². The molecule has 1 N–H and O–H groups in total. The Hall–Kier alpha value is -1.42. The molecule has 88 valence electrons. The second kappa shape index (κ2) is 4.45. The van der Waals surface area contributed by atoms with Crippen LogP contribution in [0.2, 0.25) is 0 Å². The van der Waals surface area contributed by atoms with E-state index in [0.717, 1.165) is 12.1 Å². The first kappa shape index (κ1) is 10.7. The number of nitrogens with zero attached hydrogens (tertiary/aromatic N) is 1. The molecule has 3 rings (SSSR count). The minimum atomic E-state index is -0.434. The molecule has 2 nitrogen and oxygen atoms in total. The fourth-order valence-corrected chi connectivity index (χ4v) is 3.32. The molecule has 0 aliphatic heterocycles. The number of aryl methyl sites for hydroxylation is 1. The number of aromatic nitrogens is 1. The lowest BCUT2D eigenvalue weighted by atomic mass is 9.94. The molecule has 0 aromatic carbocycles. The zero-order valence-corrected chi connectivity index (χ0v) is 10.1. The highest BCUT2D eigenvalue weighted by Crippen LogP contribution is 2.35. The molecule has 17 heavy (non-hydrogen) atoms. The molecule has 0 spiro atoms. The van der Waals surface area contributed by atoms with E-state index in [-0.39, 0.29) is 0 Å². The van der Waals surface area contributed by atoms with Gasteiger partial charge in [0.2, 0.25) is 5.95 Å². The van der Waals surface area contributed by atoms with Gasteiger partial charge >= 0.3 is 0 Å². The number of nitrogens with one attached hydrogen (secondary N) is 1. The zero-order valence-electron chi connectivity index (χ0n) is 9.32. The molecule has 1 aliphatic rings. The van der Waals surface area contributed by atoms with Crippen molar-refractivity contribution < 1.29 is 4.39 Å². The van der Waals surface area contributed by atoms with Gasteiger partial charge in [-0.15, -0.1) is 11.3 Å². The maximum Gasteiger partial charge on any atom is 0.214 e. The molecular weight excluding hydrogens is 235 g/mol. The van der Waals surface area contributed by atoms with Gasteiger partial charge in [-0.25, -0.2) is 4.98 Å². The van der Waals surface area contributed by atoms with E-state index in [9.17, 15) is 4.39 Å². The SMILES string of the molecule is Fc1cc(NC2CCCc3sccc32)ccn1. The van der Waals surface area contributed by atoms with Gasteiger partial charge < -0.3 is 5.32 Å². The van der Waals surface area contributed by atoms with Crippen LogP contribution < -0.4 is 5.32 Å². The second-order valence-corrected chi connectivity index (χ2v) is 5.26. The van der Waals surface area contributed by atoms with Gasteiger partial charge in [0.25, 0.3) is 0 Å². The van der Waals surface area contributed by atoms with Gasteiger partial charge in [0, 0.05) is 22.8 Å². The monoisotopic (exact) mass is 248 g/mol. The van der Waals surface area contributed by atoms with E-state index in [4.69, 9.17) is 0 Å². The molecule has 0 saturated heterocycles. The summed E-state index contributed by atoms with van der Waals surface area (Å²) >= 11 is 1.82. The first-order valence-electron chi connectivity index (χ1n) is 5.77. The third kappa shape index (κ3) is 2.17. The molecule has 1 aliphatic carbocycles. The fourth-order valence-electron chi connectivity index (χ4n) is 2.33.